The zero-order chi connectivity index (χ0) is 23.4. The maximum Gasteiger partial charge on any atom is 0.422 e. The van der Waals surface area contributed by atoms with Crippen molar-refractivity contribution in [2.45, 2.75) is 56.5 Å². The predicted octanol–water partition coefficient (Wildman–Crippen LogP) is 1.75. The van der Waals surface area contributed by atoms with Crippen LogP contribution in [0.3, 0.4) is 0 Å². The minimum absolute atomic E-state index is 0.0770. The third kappa shape index (κ3) is 6.29. The van der Waals surface area contributed by atoms with E-state index < -0.39 is 23.4 Å². The molecule has 3 rings (SSSR count). The second-order valence-electron chi connectivity index (χ2n) is 8.05. The van der Waals surface area contributed by atoms with Crippen LogP contribution in [-0.4, -0.2) is 40.4 Å². The Labute approximate surface area is 182 Å². The molecule has 1 unspecified atom stereocenters. The third-order valence-corrected chi connectivity index (χ3v) is 5.47. The molecule has 1 atom stereocenters. The van der Waals surface area contributed by atoms with E-state index in [1.807, 2.05) is 0 Å². The normalized spacial score (nSPS) is 27.3. The van der Waals surface area contributed by atoms with E-state index in [-0.39, 0.29) is 36.0 Å². The summed E-state index contributed by atoms with van der Waals surface area (Å²) in [5.41, 5.74) is 11.0. The summed E-state index contributed by atoms with van der Waals surface area (Å²) in [7, 11) is 0. The SMILES string of the molecule is NC1CCC(CC2(N)NC(=NCc3cccnc3OCC(F)(F)F)NC=C2[N+](=O)[O-])CC1. The number of alkyl halides is 3. The van der Waals surface area contributed by atoms with Crippen molar-refractivity contribution in [1.82, 2.24) is 15.6 Å². The number of rotatable bonds is 7. The summed E-state index contributed by atoms with van der Waals surface area (Å²) in [5.74, 6) is 0.135. The Hall–Kier alpha value is -2.93. The molecule has 0 amide bonds. The molecule has 1 saturated carbocycles. The van der Waals surface area contributed by atoms with Crippen molar-refractivity contribution in [3.05, 3.63) is 45.9 Å². The lowest BCUT2D eigenvalue weighted by Crippen LogP contribution is -2.64. The number of nitrogens with one attached hydrogen (secondary N) is 2. The maximum atomic E-state index is 12.5. The largest absolute Gasteiger partial charge is 0.468 e. The Kier molecular flexibility index (Phi) is 7.19. The summed E-state index contributed by atoms with van der Waals surface area (Å²) in [6.07, 6.45) is 1.63. The van der Waals surface area contributed by atoms with E-state index in [0.717, 1.165) is 25.7 Å². The summed E-state index contributed by atoms with van der Waals surface area (Å²) in [5, 5.41) is 17.1. The number of guanidine groups is 1. The van der Waals surface area contributed by atoms with E-state index in [2.05, 4.69) is 20.6 Å². The molecule has 10 nitrogen and oxygen atoms in total. The van der Waals surface area contributed by atoms with Crippen LogP contribution < -0.4 is 26.8 Å². The monoisotopic (exact) mass is 457 g/mol. The van der Waals surface area contributed by atoms with Crippen LogP contribution in [0.1, 0.15) is 37.7 Å². The van der Waals surface area contributed by atoms with E-state index in [4.69, 9.17) is 16.2 Å². The Morgan fingerprint density at radius 1 is 1.34 bits per heavy atom. The minimum Gasteiger partial charge on any atom is -0.468 e. The van der Waals surface area contributed by atoms with Crippen molar-refractivity contribution in [2.75, 3.05) is 6.61 Å². The molecule has 32 heavy (non-hydrogen) atoms. The first-order valence-corrected chi connectivity index (χ1v) is 10.2. The van der Waals surface area contributed by atoms with E-state index in [0.29, 0.717) is 12.0 Å². The quantitative estimate of drug-likeness (QED) is 0.357. The van der Waals surface area contributed by atoms with Gasteiger partial charge in [0.05, 0.1) is 17.7 Å². The first-order valence-electron chi connectivity index (χ1n) is 10.2. The van der Waals surface area contributed by atoms with E-state index in [1.165, 1.54) is 18.5 Å². The van der Waals surface area contributed by atoms with Gasteiger partial charge in [0.15, 0.2) is 18.2 Å². The van der Waals surface area contributed by atoms with E-state index in [9.17, 15) is 23.3 Å². The van der Waals surface area contributed by atoms with Crippen molar-refractivity contribution in [2.24, 2.45) is 22.4 Å². The van der Waals surface area contributed by atoms with Gasteiger partial charge in [-0.2, -0.15) is 13.2 Å². The lowest BCUT2D eigenvalue weighted by molar-refractivity contribution is -0.437. The average molecular weight is 457 g/mol. The van der Waals surface area contributed by atoms with Crippen LogP contribution in [0.25, 0.3) is 0 Å². The third-order valence-electron chi connectivity index (χ3n) is 5.47. The first kappa shape index (κ1) is 23.7. The topological polar surface area (TPSA) is 154 Å². The number of hydrogen-bond acceptors (Lipinski definition) is 7. The van der Waals surface area contributed by atoms with Gasteiger partial charge in [0.25, 0.3) is 0 Å². The van der Waals surface area contributed by atoms with Gasteiger partial charge in [0.1, 0.15) is 0 Å². The summed E-state index contributed by atoms with van der Waals surface area (Å²) < 4.78 is 42.2. The van der Waals surface area contributed by atoms with Gasteiger partial charge in [-0.3, -0.25) is 15.8 Å². The van der Waals surface area contributed by atoms with Crippen molar-refractivity contribution >= 4 is 5.96 Å². The van der Waals surface area contributed by atoms with Crippen LogP contribution in [-0.2, 0) is 6.54 Å². The zero-order valence-corrected chi connectivity index (χ0v) is 17.3. The van der Waals surface area contributed by atoms with Gasteiger partial charge in [-0.1, -0.05) is 6.07 Å². The summed E-state index contributed by atoms with van der Waals surface area (Å²) in [6, 6.07) is 3.21. The van der Waals surface area contributed by atoms with E-state index >= 15 is 0 Å². The molecule has 1 aromatic heterocycles. The number of ether oxygens (including phenoxy) is 1. The fourth-order valence-electron chi connectivity index (χ4n) is 3.87. The fourth-order valence-corrected chi connectivity index (χ4v) is 3.87. The number of aromatic nitrogens is 1. The molecule has 176 valence electrons. The number of halogens is 3. The van der Waals surface area contributed by atoms with Crippen molar-refractivity contribution in [1.29, 1.82) is 0 Å². The molecule has 0 radical (unpaired) electrons. The molecule has 0 aromatic carbocycles. The van der Waals surface area contributed by atoms with Crippen LogP contribution in [0.4, 0.5) is 13.2 Å². The number of nitrogens with two attached hydrogens (primary N) is 2. The predicted molar refractivity (Wildman–Crippen MR) is 110 cm³/mol. The number of hydrogen-bond donors (Lipinski definition) is 4. The highest BCUT2D eigenvalue weighted by atomic mass is 19.4. The molecule has 0 bridgehead atoms. The fraction of sp³-hybridized carbons (Fsp3) is 0.579. The molecular weight excluding hydrogens is 431 g/mol. The molecule has 1 aliphatic heterocycles. The Bertz CT molecular complexity index is 885. The van der Waals surface area contributed by atoms with Crippen LogP contribution in [0.5, 0.6) is 5.88 Å². The molecule has 0 spiro atoms. The van der Waals surface area contributed by atoms with Gasteiger partial charge in [0.2, 0.25) is 5.88 Å². The lowest BCUT2D eigenvalue weighted by Gasteiger charge is -2.37. The summed E-state index contributed by atoms with van der Waals surface area (Å²) >= 11 is 0. The number of aliphatic imine (C=N–C) groups is 1. The van der Waals surface area contributed by atoms with Crippen molar-refractivity contribution < 1.29 is 22.8 Å². The molecule has 1 aromatic rings. The van der Waals surface area contributed by atoms with Gasteiger partial charge in [-0.15, -0.1) is 0 Å². The highest BCUT2D eigenvalue weighted by Gasteiger charge is 2.44. The Morgan fingerprint density at radius 2 is 2.06 bits per heavy atom. The van der Waals surface area contributed by atoms with Gasteiger partial charge >= 0.3 is 11.9 Å². The van der Waals surface area contributed by atoms with Crippen LogP contribution in [0, 0.1) is 16.0 Å². The van der Waals surface area contributed by atoms with Crippen molar-refractivity contribution in [3.8, 4) is 5.88 Å². The molecular formula is C19H26F3N7O3. The second kappa shape index (κ2) is 9.69. The van der Waals surface area contributed by atoms with Crippen molar-refractivity contribution in [3.63, 3.8) is 0 Å². The Balaban J connectivity index is 1.73. The average Bonchev–Trinajstić information content (AvgIpc) is 2.72. The van der Waals surface area contributed by atoms with Crippen LogP contribution >= 0.6 is 0 Å². The van der Waals surface area contributed by atoms with Gasteiger partial charge in [-0.05, 0) is 44.1 Å². The molecule has 6 N–H and O–H groups in total. The smallest absolute Gasteiger partial charge is 0.422 e. The van der Waals surface area contributed by atoms with Crippen LogP contribution in [0.15, 0.2) is 35.2 Å². The van der Waals surface area contributed by atoms with Gasteiger partial charge in [-0.25, -0.2) is 9.98 Å². The summed E-state index contributed by atoms with van der Waals surface area (Å²) in [6.45, 7) is -1.55. The van der Waals surface area contributed by atoms with Gasteiger partial charge in [0, 0.05) is 17.8 Å². The first-order chi connectivity index (χ1) is 15.1. The highest BCUT2D eigenvalue weighted by molar-refractivity contribution is 5.83. The zero-order valence-electron chi connectivity index (χ0n) is 17.3. The number of pyridine rings is 1. The van der Waals surface area contributed by atoms with Gasteiger partial charge < -0.3 is 21.1 Å². The highest BCUT2D eigenvalue weighted by Crippen LogP contribution is 2.32. The van der Waals surface area contributed by atoms with E-state index in [1.54, 1.807) is 6.07 Å². The molecule has 1 aliphatic carbocycles. The second-order valence-corrected chi connectivity index (χ2v) is 8.05. The minimum atomic E-state index is -4.50. The van der Waals surface area contributed by atoms with Crippen LogP contribution in [0.2, 0.25) is 0 Å². The molecule has 1 fully saturated rings. The molecule has 13 heteroatoms. The molecule has 2 heterocycles. The number of nitro groups is 1. The number of nitrogens with zero attached hydrogens (tertiary/aromatic N) is 3. The maximum absolute atomic E-state index is 12.5. The lowest BCUT2D eigenvalue weighted by atomic mass is 9.80. The molecule has 2 aliphatic rings. The Morgan fingerprint density at radius 3 is 2.72 bits per heavy atom. The summed E-state index contributed by atoms with van der Waals surface area (Å²) in [4.78, 5) is 19.1. The molecule has 0 saturated heterocycles. The standard InChI is InChI=1S/C19H26F3N7O3/c20-19(21,22)11-32-16-13(2-1-7-25-16)9-26-17-27-10-15(29(30)31)18(24,28-17)8-12-3-5-14(23)6-4-12/h1-2,7,10,12,14H,3-6,8-9,11,23-24H2,(H2,26,27,28).